The van der Waals surface area contributed by atoms with Crippen LogP contribution in [-0.4, -0.2) is 16.3 Å². The summed E-state index contributed by atoms with van der Waals surface area (Å²) < 4.78 is 15.6. The first-order valence-electron chi connectivity index (χ1n) is 5.79. The lowest BCUT2D eigenvalue weighted by molar-refractivity contribution is 0.591. The van der Waals surface area contributed by atoms with Crippen molar-refractivity contribution >= 4 is 15.9 Å². The SMILES string of the molecule is CCNC(c1ccn(C)n1)c1ccc(F)cc1Br. The van der Waals surface area contributed by atoms with E-state index in [4.69, 9.17) is 0 Å². The Labute approximate surface area is 114 Å². The monoisotopic (exact) mass is 311 g/mol. The molecule has 0 aliphatic rings. The number of aromatic nitrogens is 2. The standard InChI is InChI=1S/C13H15BrFN3/c1-3-16-13(12-6-7-18(2)17-12)10-5-4-9(15)8-11(10)14/h4-8,13,16H,3H2,1-2H3. The van der Waals surface area contributed by atoms with Crippen molar-refractivity contribution in [1.29, 1.82) is 0 Å². The molecule has 0 saturated heterocycles. The zero-order valence-electron chi connectivity index (χ0n) is 10.3. The Morgan fingerprint density at radius 3 is 2.78 bits per heavy atom. The summed E-state index contributed by atoms with van der Waals surface area (Å²) >= 11 is 3.41. The third kappa shape index (κ3) is 2.79. The first-order chi connectivity index (χ1) is 8.61. The van der Waals surface area contributed by atoms with Gasteiger partial charge in [0.15, 0.2) is 0 Å². The van der Waals surface area contributed by atoms with Crippen molar-refractivity contribution in [3.05, 3.63) is 52.0 Å². The number of rotatable bonds is 4. The zero-order valence-corrected chi connectivity index (χ0v) is 11.9. The van der Waals surface area contributed by atoms with Gasteiger partial charge >= 0.3 is 0 Å². The van der Waals surface area contributed by atoms with Gasteiger partial charge in [0.05, 0.1) is 11.7 Å². The molecule has 0 aliphatic heterocycles. The molecular formula is C13H15BrFN3. The lowest BCUT2D eigenvalue weighted by atomic mass is 10.0. The third-order valence-electron chi connectivity index (χ3n) is 2.71. The smallest absolute Gasteiger partial charge is 0.124 e. The van der Waals surface area contributed by atoms with Gasteiger partial charge in [-0.05, 0) is 30.3 Å². The Kier molecular flexibility index (Phi) is 4.14. The van der Waals surface area contributed by atoms with Crippen molar-refractivity contribution in [2.24, 2.45) is 7.05 Å². The van der Waals surface area contributed by atoms with Crippen LogP contribution in [0.25, 0.3) is 0 Å². The van der Waals surface area contributed by atoms with Crippen molar-refractivity contribution in [1.82, 2.24) is 15.1 Å². The number of hydrogen-bond donors (Lipinski definition) is 1. The quantitative estimate of drug-likeness (QED) is 0.940. The Morgan fingerprint density at radius 2 is 2.22 bits per heavy atom. The number of nitrogens with one attached hydrogen (secondary N) is 1. The van der Waals surface area contributed by atoms with Crippen LogP contribution in [0.15, 0.2) is 34.9 Å². The summed E-state index contributed by atoms with van der Waals surface area (Å²) in [5.74, 6) is -0.248. The molecule has 0 fully saturated rings. The van der Waals surface area contributed by atoms with Crippen LogP contribution in [0, 0.1) is 5.82 Å². The summed E-state index contributed by atoms with van der Waals surface area (Å²) in [6.07, 6.45) is 1.90. The number of halogens is 2. The fourth-order valence-corrected chi connectivity index (χ4v) is 2.48. The van der Waals surface area contributed by atoms with Gasteiger partial charge in [-0.2, -0.15) is 5.10 Å². The predicted molar refractivity (Wildman–Crippen MR) is 72.8 cm³/mol. The molecule has 0 radical (unpaired) electrons. The normalized spacial score (nSPS) is 12.7. The molecule has 1 unspecified atom stereocenters. The van der Waals surface area contributed by atoms with Gasteiger partial charge in [0.1, 0.15) is 5.82 Å². The third-order valence-corrected chi connectivity index (χ3v) is 3.40. The average molecular weight is 312 g/mol. The number of aryl methyl sites for hydroxylation is 1. The molecule has 2 aromatic rings. The van der Waals surface area contributed by atoms with Crippen LogP contribution >= 0.6 is 15.9 Å². The second-order valence-electron chi connectivity index (χ2n) is 4.07. The highest BCUT2D eigenvalue weighted by molar-refractivity contribution is 9.10. The molecule has 0 saturated carbocycles. The minimum Gasteiger partial charge on any atom is -0.305 e. The minimum atomic E-state index is -0.248. The molecule has 1 N–H and O–H groups in total. The van der Waals surface area contributed by atoms with Crippen molar-refractivity contribution in [2.45, 2.75) is 13.0 Å². The van der Waals surface area contributed by atoms with Crippen LogP contribution in [0.2, 0.25) is 0 Å². The summed E-state index contributed by atoms with van der Waals surface area (Å²) in [6, 6.07) is 6.65. The molecule has 0 spiro atoms. The molecule has 96 valence electrons. The second kappa shape index (κ2) is 5.63. The lowest BCUT2D eigenvalue weighted by Gasteiger charge is -2.17. The van der Waals surface area contributed by atoms with Gasteiger partial charge in [-0.25, -0.2) is 4.39 Å². The summed E-state index contributed by atoms with van der Waals surface area (Å²) in [4.78, 5) is 0. The molecule has 2 rings (SSSR count). The van der Waals surface area contributed by atoms with E-state index >= 15 is 0 Å². The van der Waals surface area contributed by atoms with Crippen molar-refractivity contribution in [2.75, 3.05) is 6.54 Å². The summed E-state index contributed by atoms with van der Waals surface area (Å²) in [7, 11) is 1.88. The molecule has 1 aromatic carbocycles. The Hall–Kier alpha value is -1.20. The van der Waals surface area contributed by atoms with Gasteiger partial charge in [0, 0.05) is 17.7 Å². The fraction of sp³-hybridized carbons (Fsp3) is 0.308. The Morgan fingerprint density at radius 1 is 1.44 bits per heavy atom. The number of hydrogen-bond acceptors (Lipinski definition) is 2. The molecule has 1 heterocycles. The van der Waals surface area contributed by atoms with Crippen LogP contribution in [0.1, 0.15) is 24.2 Å². The van der Waals surface area contributed by atoms with Crippen molar-refractivity contribution in [3.8, 4) is 0 Å². The van der Waals surface area contributed by atoms with Crippen LogP contribution in [-0.2, 0) is 7.05 Å². The topological polar surface area (TPSA) is 29.9 Å². The molecule has 0 amide bonds. The first kappa shape index (κ1) is 13.2. The molecule has 1 aromatic heterocycles. The first-order valence-corrected chi connectivity index (χ1v) is 6.59. The maximum atomic E-state index is 13.1. The van der Waals surface area contributed by atoms with E-state index in [9.17, 15) is 4.39 Å². The largest absolute Gasteiger partial charge is 0.305 e. The van der Waals surface area contributed by atoms with Gasteiger partial charge in [-0.1, -0.05) is 28.9 Å². The molecule has 0 bridgehead atoms. The molecular weight excluding hydrogens is 297 g/mol. The maximum Gasteiger partial charge on any atom is 0.124 e. The van der Waals surface area contributed by atoms with Gasteiger partial charge in [-0.15, -0.1) is 0 Å². The zero-order chi connectivity index (χ0) is 13.1. The summed E-state index contributed by atoms with van der Waals surface area (Å²) in [5.41, 5.74) is 1.91. The van der Waals surface area contributed by atoms with Crippen molar-refractivity contribution < 1.29 is 4.39 Å². The highest BCUT2D eigenvalue weighted by Gasteiger charge is 2.18. The highest BCUT2D eigenvalue weighted by Crippen LogP contribution is 2.28. The summed E-state index contributed by atoms with van der Waals surface area (Å²) in [6.45, 7) is 2.85. The Balaban J connectivity index is 2.41. The predicted octanol–water partition coefficient (Wildman–Crippen LogP) is 3.02. The minimum absolute atomic E-state index is 0.0359. The van der Waals surface area contributed by atoms with E-state index in [1.54, 1.807) is 10.7 Å². The number of nitrogens with zero attached hydrogens (tertiary/aromatic N) is 2. The lowest BCUT2D eigenvalue weighted by Crippen LogP contribution is -2.23. The number of benzene rings is 1. The van der Waals surface area contributed by atoms with E-state index in [0.717, 1.165) is 22.3 Å². The van der Waals surface area contributed by atoms with E-state index < -0.39 is 0 Å². The van der Waals surface area contributed by atoms with Crippen LogP contribution < -0.4 is 5.32 Å². The summed E-state index contributed by atoms with van der Waals surface area (Å²) in [5, 5.41) is 7.77. The van der Waals surface area contributed by atoms with E-state index in [2.05, 4.69) is 26.3 Å². The molecule has 3 nitrogen and oxygen atoms in total. The second-order valence-corrected chi connectivity index (χ2v) is 4.93. The van der Waals surface area contributed by atoms with E-state index in [1.807, 2.05) is 26.2 Å². The molecule has 18 heavy (non-hydrogen) atoms. The molecule has 1 atom stereocenters. The fourth-order valence-electron chi connectivity index (χ4n) is 1.90. The van der Waals surface area contributed by atoms with E-state index in [-0.39, 0.29) is 11.9 Å². The molecule has 0 aliphatic carbocycles. The highest BCUT2D eigenvalue weighted by atomic mass is 79.9. The van der Waals surface area contributed by atoms with Gasteiger partial charge in [0.2, 0.25) is 0 Å². The van der Waals surface area contributed by atoms with Crippen molar-refractivity contribution in [3.63, 3.8) is 0 Å². The maximum absolute atomic E-state index is 13.1. The van der Waals surface area contributed by atoms with Gasteiger partial charge in [0.25, 0.3) is 0 Å². The van der Waals surface area contributed by atoms with Crippen LogP contribution in [0.4, 0.5) is 4.39 Å². The average Bonchev–Trinajstić information content (AvgIpc) is 2.73. The Bertz CT molecular complexity index is 539. The molecule has 5 heteroatoms. The van der Waals surface area contributed by atoms with Crippen LogP contribution in [0.3, 0.4) is 0 Å². The van der Waals surface area contributed by atoms with Gasteiger partial charge < -0.3 is 5.32 Å². The van der Waals surface area contributed by atoms with Gasteiger partial charge in [-0.3, -0.25) is 4.68 Å². The van der Waals surface area contributed by atoms with Crippen LogP contribution in [0.5, 0.6) is 0 Å². The van der Waals surface area contributed by atoms with E-state index in [0.29, 0.717) is 0 Å². The van der Waals surface area contributed by atoms with E-state index in [1.165, 1.54) is 12.1 Å².